The molecule has 0 radical (unpaired) electrons. The van der Waals surface area contributed by atoms with Crippen LogP contribution < -0.4 is 5.32 Å². The SMILES string of the molecule is CC1(CNC(=O)C[C@]2(C)C(=O)N=C3C=CC=CN32)COC1. The van der Waals surface area contributed by atoms with E-state index in [-0.39, 0.29) is 23.7 Å². The number of nitrogens with one attached hydrogen (secondary N) is 1. The number of amidine groups is 1. The second kappa shape index (κ2) is 4.80. The van der Waals surface area contributed by atoms with E-state index in [0.29, 0.717) is 25.6 Å². The van der Waals surface area contributed by atoms with Crippen molar-refractivity contribution in [1.82, 2.24) is 10.2 Å². The molecule has 3 heterocycles. The minimum atomic E-state index is -0.933. The molecule has 0 unspecified atom stereocenters. The third-order valence-corrected chi connectivity index (χ3v) is 4.17. The van der Waals surface area contributed by atoms with Crippen molar-refractivity contribution in [3.63, 3.8) is 0 Å². The standard InChI is InChI=1S/C15H19N3O3/c1-14(9-21-10-14)8-16-12(19)7-15(2)13(20)17-11-5-3-4-6-18(11)15/h3-6H,7-10H2,1-2H3,(H,16,19)/t15-/m1/s1. The van der Waals surface area contributed by atoms with Crippen LogP contribution in [0.5, 0.6) is 0 Å². The van der Waals surface area contributed by atoms with Gasteiger partial charge in [0.15, 0.2) is 0 Å². The van der Waals surface area contributed by atoms with Gasteiger partial charge in [-0.2, -0.15) is 4.99 Å². The molecule has 3 aliphatic rings. The van der Waals surface area contributed by atoms with Crippen LogP contribution >= 0.6 is 0 Å². The molecule has 0 aromatic rings. The summed E-state index contributed by atoms with van der Waals surface area (Å²) in [4.78, 5) is 30.1. The molecule has 0 aromatic carbocycles. The Morgan fingerprint density at radius 1 is 1.43 bits per heavy atom. The minimum absolute atomic E-state index is 0.0195. The number of carbonyl (C=O) groups is 2. The van der Waals surface area contributed by atoms with Crippen LogP contribution in [0, 0.1) is 5.41 Å². The summed E-state index contributed by atoms with van der Waals surface area (Å²) in [7, 11) is 0. The van der Waals surface area contributed by atoms with Crippen molar-refractivity contribution >= 4 is 17.6 Å². The lowest BCUT2D eigenvalue weighted by Crippen LogP contribution is -2.52. The summed E-state index contributed by atoms with van der Waals surface area (Å²) in [6, 6.07) is 0. The Labute approximate surface area is 123 Å². The second-order valence-electron chi connectivity index (χ2n) is 6.38. The van der Waals surface area contributed by atoms with Crippen molar-refractivity contribution in [1.29, 1.82) is 0 Å². The molecule has 112 valence electrons. The zero-order chi connectivity index (χ0) is 15.1. The van der Waals surface area contributed by atoms with Gasteiger partial charge in [0.1, 0.15) is 11.4 Å². The van der Waals surface area contributed by atoms with E-state index in [4.69, 9.17) is 4.74 Å². The lowest BCUT2D eigenvalue weighted by molar-refractivity contribution is -0.133. The van der Waals surface area contributed by atoms with Crippen molar-refractivity contribution in [2.45, 2.75) is 25.8 Å². The highest BCUT2D eigenvalue weighted by Crippen LogP contribution is 2.30. The average molecular weight is 289 g/mol. The number of rotatable bonds is 4. The van der Waals surface area contributed by atoms with Gasteiger partial charge in [-0.25, -0.2) is 0 Å². The number of nitrogens with zero attached hydrogens (tertiary/aromatic N) is 2. The maximum absolute atomic E-state index is 12.2. The molecule has 0 aliphatic carbocycles. The summed E-state index contributed by atoms with van der Waals surface area (Å²) in [5.41, 5.74) is -0.913. The molecule has 1 atom stereocenters. The number of carbonyl (C=O) groups excluding carboxylic acids is 2. The van der Waals surface area contributed by atoms with Gasteiger partial charge in [0, 0.05) is 18.2 Å². The zero-order valence-corrected chi connectivity index (χ0v) is 12.3. The van der Waals surface area contributed by atoms with Crippen molar-refractivity contribution in [3.8, 4) is 0 Å². The highest BCUT2D eigenvalue weighted by molar-refractivity contribution is 6.13. The molecule has 1 saturated heterocycles. The number of aliphatic imine (C=N–C) groups is 1. The molecule has 1 N–H and O–H groups in total. The van der Waals surface area contributed by atoms with Gasteiger partial charge in [-0.3, -0.25) is 9.59 Å². The molecular formula is C15H19N3O3. The topological polar surface area (TPSA) is 71.0 Å². The first kappa shape index (κ1) is 14.0. The molecule has 0 bridgehead atoms. The van der Waals surface area contributed by atoms with Crippen LogP contribution in [0.4, 0.5) is 0 Å². The quantitative estimate of drug-likeness (QED) is 0.823. The first-order chi connectivity index (χ1) is 9.93. The van der Waals surface area contributed by atoms with E-state index in [1.165, 1.54) is 0 Å². The third kappa shape index (κ3) is 2.40. The van der Waals surface area contributed by atoms with Gasteiger partial charge in [0.05, 0.1) is 19.6 Å². The first-order valence-corrected chi connectivity index (χ1v) is 7.05. The van der Waals surface area contributed by atoms with Crippen molar-refractivity contribution in [2.24, 2.45) is 10.4 Å². The average Bonchev–Trinajstić information content (AvgIpc) is 2.67. The van der Waals surface area contributed by atoms with Crippen LogP contribution in [0.25, 0.3) is 0 Å². The smallest absolute Gasteiger partial charge is 0.274 e. The van der Waals surface area contributed by atoms with Crippen molar-refractivity contribution in [2.75, 3.05) is 19.8 Å². The summed E-state index contributed by atoms with van der Waals surface area (Å²) < 4.78 is 5.16. The maximum atomic E-state index is 12.2. The van der Waals surface area contributed by atoms with Crippen LogP contribution in [0.3, 0.4) is 0 Å². The fraction of sp³-hybridized carbons (Fsp3) is 0.533. The summed E-state index contributed by atoms with van der Waals surface area (Å²) in [6.45, 7) is 5.72. The van der Waals surface area contributed by atoms with Gasteiger partial charge in [-0.05, 0) is 19.1 Å². The molecule has 21 heavy (non-hydrogen) atoms. The predicted molar refractivity (Wildman–Crippen MR) is 77.5 cm³/mol. The monoisotopic (exact) mass is 289 g/mol. The lowest BCUT2D eigenvalue weighted by Gasteiger charge is -2.38. The van der Waals surface area contributed by atoms with Gasteiger partial charge < -0.3 is 15.0 Å². The van der Waals surface area contributed by atoms with Crippen LogP contribution in [0.15, 0.2) is 29.4 Å². The molecule has 6 heteroatoms. The first-order valence-electron chi connectivity index (χ1n) is 7.05. The Balaban J connectivity index is 1.63. The van der Waals surface area contributed by atoms with Gasteiger partial charge in [0.25, 0.3) is 5.91 Å². The number of fused-ring (bicyclic) bond motifs is 1. The number of hydrogen-bond donors (Lipinski definition) is 1. The van der Waals surface area contributed by atoms with E-state index >= 15 is 0 Å². The third-order valence-electron chi connectivity index (χ3n) is 4.17. The van der Waals surface area contributed by atoms with E-state index in [0.717, 1.165) is 0 Å². The minimum Gasteiger partial charge on any atom is -0.380 e. The lowest BCUT2D eigenvalue weighted by atomic mass is 9.88. The Kier molecular flexibility index (Phi) is 3.20. The van der Waals surface area contributed by atoms with E-state index in [2.05, 4.69) is 17.2 Å². The second-order valence-corrected chi connectivity index (χ2v) is 6.38. The van der Waals surface area contributed by atoms with Gasteiger partial charge in [-0.1, -0.05) is 13.0 Å². The molecule has 6 nitrogen and oxygen atoms in total. The van der Waals surface area contributed by atoms with E-state index in [9.17, 15) is 9.59 Å². The number of allylic oxidation sites excluding steroid dienone is 2. The molecular weight excluding hydrogens is 270 g/mol. The van der Waals surface area contributed by atoms with E-state index in [1.54, 1.807) is 24.1 Å². The Morgan fingerprint density at radius 3 is 2.86 bits per heavy atom. The maximum Gasteiger partial charge on any atom is 0.274 e. The largest absolute Gasteiger partial charge is 0.380 e. The summed E-state index contributed by atoms with van der Waals surface area (Å²) in [5.74, 6) is 0.178. The fourth-order valence-electron chi connectivity index (χ4n) is 2.67. The van der Waals surface area contributed by atoms with Gasteiger partial charge in [-0.15, -0.1) is 0 Å². The van der Waals surface area contributed by atoms with Gasteiger partial charge in [0.2, 0.25) is 5.91 Å². The highest BCUT2D eigenvalue weighted by Gasteiger charge is 2.47. The Morgan fingerprint density at radius 2 is 2.19 bits per heavy atom. The summed E-state index contributed by atoms with van der Waals surface area (Å²) in [5, 5.41) is 2.90. The molecule has 3 rings (SSSR count). The Bertz CT molecular complexity index is 575. The number of amides is 2. The molecule has 0 aromatic heterocycles. The van der Waals surface area contributed by atoms with Crippen LogP contribution in [-0.2, 0) is 14.3 Å². The molecule has 2 amide bonds. The normalized spacial score (nSPS) is 29.0. The van der Waals surface area contributed by atoms with Crippen molar-refractivity contribution < 1.29 is 14.3 Å². The van der Waals surface area contributed by atoms with Crippen molar-refractivity contribution in [3.05, 3.63) is 24.4 Å². The summed E-state index contributed by atoms with van der Waals surface area (Å²) in [6.07, 6.45) is 7.31. The highest BCUT2D eigenvalue weighted by atomic mass is 16.5. The van der Waals surface area contributed by atoms with Crippen LogP contribution in [-0.4, -0.2) is 47.8 Å². The number of hydrogen-bond acceptors (Lipinski definition) is 4. The van der Waals surface area contributed by atoms with E-state index < -0.39 is 5.54 Å². The zero-order valence-electron chi connectivity index (χ0n) is 12.3. The van der Waals surface area contributed by atoms with Crippen LogP contribution in [0.1, 0.15) is 20.3 Å². The van der Waals surface area contributed by atoms with Crippen LogP contribution in [0.2, 0.25) is 0 Å². The molecule has 3 aliphatic heterocycles. The summed E-state index contributed by atoms with van der Waals surface area (Å²) >= 11 is 0. The number of ether oxygens (including phenoxy) is 1. The Hall–Kier alpha value is -1.95. The molecule has 1 fully saturated rings. The van der Waals surface area contributed by atoms with E-state index in [1.807, 2.05) is 12.2 Å². The molecule has 0 spiro atoms. The van der Waals surface area contributed by atoms with Gasteiger partial charge >= 0.3 is 0 Å². The molecule has 0 saturated carbocycles. The fourth-order valence-corrected chi connectivity index (χ4v) is 2.67. The predicted octanol–water partition coefficient (Wildman–Crippen LogP) is 0.612.